The van der Waals surface area contributed by atoms with Gasteiger partial charge in [-0.1, -0.05) is 12.1 Å². The monoisotopic (exact) mass is 218 g/mol. The van der Waals surface area contributed by atoms with Crippen LogP contribution in [0.2, 0.25) is 0 Å². The van der Waals surface area contributed by atoms with Crippen molar-refractivity contribution in [2.24, 2.45) is 0 Å². The number of alkyl halides is 1. The average Bonchev–Trinajstić information content (AvgIpc) is 2.03. The lowest BCUT2D eigenvalue weighted by Gasteiger charge is -2.04. The molecule has 0 heterocycles. The first-order valence-corrected chi connectivity index (χ1v) is 6.18. The minimum atomic E-state index is -3.12. The van der Waals surface area contributed by atoms with Crippen LogP contribution in [0.5, 0.6) is 0 Å². The molecule has 1 aromatic rings. The molecule has 0 saturated heterocycles. The molecule has 0 radical (unpaired) electrons. The maximum Gasteiger partial charge on any atom is 0.175 e. The molecule has 2 nitrogen and oxygen atoms in total. The Morgan fingerprint density at radius 2 is 2.00 bits per heavy atom. The molecule has 0 amide bonds. The van der Waals surface area contributed by atoms with Gasteiger partial charge in [-0.2, -0.15) is 0 Å². The molecule has 0 saturated carbocycles. The first-order valence-electron chi connectivity index (χ1n) is 3.85. The van der Waals surface area contributed by atoms with Gasteiger partial charge >= 0.3 is 0 Å². The number of sulfone groups is 1. The Bertz CT molecular complexity index is 396. The number of halogens is 1. The predicted octanol–water partition coefficient (Wildman–Crippen LogP) is 2.39. The maximum absolute atomic E-state index is 11.2. The lowest BCUT2D eigenvalue weighted by atomic mass is 10.2. The van der Waals surface area contributed by atoms with Gasteiger partial charge in [0.1, 0.15) is 0 Å². The van der Waals surface area contributed by atoms with Gasteiger partial charge in [0.2, 0.25) is 0 Å². The molecule has 0 unspecified atom stereocenters. The van der Waals surface area contributed by atoms with Crippen LogP contribution in [-0.4, -0.2) is 14.7 Å². The van der Waals surface area contributed by atoms with E-state index in [4.69, 9.17) is 11.6 Å². The summed E-state index contributed by atoms with van der Waals surface area (Å²) >= 11 is 5.83. The Labute approximate surface area is 83.5 Å². The van der Waals surface area contributed by atoms with Crippen LogP contribution in [0.3, 0.4) is 0 Å². The third-order valence-electron chi connectivity index (χ3n) is 1.75. The molecule has 0 aliphatic rings. The van der Waals surface area contributed by atoms with Crippen LogP contribution in [0, 0.1) is 0 Å². The van der Waals surface area contributed by atoms with Gasteiger partial charge in [-0.3, -0.25) is 0 Å². The molecule has 0 aliphatic carbocycles. The zero-order valence-electron chi connectivity index (χ0n) is 7.49. The molecule has 1 atom stereocenters. The second kappa shape index (κ2) is 3.68. The second-order valence-corrected chi connectivity index (χ2v) is 5.63. The van der Waals surface area contributed by atoms with Gasteiger partial charge in [0, 0.05) is 6.26 Å². The van der Waals surface area contributed by atoms with Crippen molar-refractivity contribution in [2.75, 3.05) is 6.26 Å². The van der Waals surface area contributed by atoms with Crippen molar-refractivity contribution in [3.8, 4) is 0 Å². The van der Waals surface area contributed by atoms with Gasteiger partial charge in [-0.05, 0) is 24.6 Å². The van der Waals surface area contributed by atoms with Crippen LogP contribution in [-0.2, 0) is 9.84 Å². The fraction of sp³-hybridized carbons (Fsp3) is 0.333. The second-order valence-electron chi connectivity index (χ2n) is 2.96. The van der Waals surface area contributed by atoms with Gasteiger partial charge in [-0.15, -0.1) is 11.6 Å². The smallest absolute Gasteiger partial charge is 0.175 e. The van der Waals surface area contributed by atoms with E-state index < -0.39 is 9.84 Å². The SMILES string of the molecule is C[C@@H](Cl)c1cccc(S(C)(=O)=O)c1. The van der Waals surface area contributed by atoms with Crippen molar-refractivity contribution in [1.82, 2.24) is 0 Å². The molecule has 1 rings (SSSR count). The van der Waals surface area contributed by atoms with Crippen LogP contribution in [0.15, 0.2) is 29.2 Å². The summed E-state index contributed by atoms with van der Waals surface area (Å²) < 4.78 is 22.3. The molecular weight excluding hydrogens is 208 g/mol. The van der Waals surface area contributed by atoms with Crippen molar-refractivity contribution >= 4 is 21.4 Å². The summed E-state index contributed by atoms with van der Waals surface area (Å²) in [6.07, 6.45) is 1.19. The van der Waals surface area contributed by atoms with E-state index in [0.29, 0.717) is 4.90 Å². The van der Waals surface area contributed by atoms with E-state index in [1.807, 2.05) is 13.0 Å². The van der Waals surface area contributed by atoms with Crippen molar-refractivity contribution in [3.05, 3.63) is 29.8 Å². The summed E-state index contributed by atoms with van der Waals surface area (Å²) in [5.74, 6) is 0. The predicted molar refractivity (Wildman–Crippen MR) is 53.8 cm³/mol. The van der Waals surface area contributed by atoms with Crippen LogP contribution in [0.1, 0.15) is 17.9 Å². The van der Waals surface area contributed by atoms with Gasteiger partial charge in [-0.25, -0.2) is 8.42 Å². The molecule has 0 aliphatic heterocycles. The van der Waals surface area contributed by atoms with Crippen LogP contribution in [0.4, 0.5) is 0 Å². The highest BCUT2D eigenvalue weighted by Gasteiger charge is 2.08. The molecule has 72 valence electrons. The number of benzene rings is 1. The first kappa shape index (κ1) is 10.5. The Morgan fingerprint density at radius 1 is 1.38 bits per heavy atom. The van der Waals surface area contributed by atoms with Crippen molar-refractivity contribution in [2.45, 2.75) is 17.2 Å². The summed E-state index contributed by atoms with van der Waals surface area (Å²) in [7, 11) is -3.12. The maximum atomic E-state index is 11.2. The topological polar surface area (TPSA) is 34.1 Å². The molecule has 1 aromatic carbocycles. The Kier molecular flexibility index (Phi) is 2.98. The quantitative estimate of drug-likeness (QED) is 0.715. The largest absolute Gasteiger partial charge is 0.224 e. The highest BCUT2D eigenvalue weighted by atomic mass is 35.5. The van der Waals surface area contributed by atoms with Crippen LogP contribution < -0.4 is 0 Å². The van der Waals surface area contributed by atoms with Crippen molar-refractivity contribution in [1.29, 1.82) is 0 Å². The average molecular weight is 219 g/mol. The van der Waals surface area contributed by atoms with Gasteiger partial charge < -0.3 is 0 Å². The van der Waals surface area contributed by atoms with E-state index in [9.17, 15) is 8.42 Å². The van der Waals surface area contributed by atoms with Gasteiger partial charge in [0.05, 0.1) is 10.3 Å². The third kappa shape index (κ3) is 2.71. The lowest BCUT2D eigenvalue weighted by Crippen LogP contribution is -1.97. The summed E-state index contributed by atoms with van der Waals surface area (Å²) in [4.78, 5) is 0.317. The molecular formula is C9H11ClO2S. The van der Waals surface area contributed by atoms with Gasteiger partial charge in [0.25, 0.3) is 0 Å². The standard InChI is InChI=1S/C9H11ClO2S/c1-7(10)8-4-3-5-9(6-8)13(2,11)12/h3-7H,1-2H3/t7-/m1/s1. The highest BCUT2D eigenvalue weighted by Crippen LogP contribution is 2.21. The van der Waals surface area contributed by atoms with Gasteiger partial charge in [0.15, 0.2) is 9.84 Å². The van der Waals surface area contributed by atoms with E-state index in [2.05, 4.69) is 0 Å². The molecule has 0 bridgehead atoms. The Hall–Kier alpha value is -0.540. The third-order valence-corrected chi connectivity index (χ3v) is 3.11. The Balaban J connectivity index is 3.21. The summed E-state index contributed by atoms with van der Waals surface area (Å²) in [5, 5.41) is -0.165. The van der Waals surface area contributed by atoms with Crippen molar-refractivity contribution < 1.29 is 8.42 Å². The van der Waals surface area contributed by atoms with E-state index >= 15 is 0 Å². The number of rotatable bonds is 2. The molecule has 4 heteroatoms. The van der Waals surface area contributed by atoms with E-state index in [1.54, 1.807) is 18.2 Å². The summed E-state index contributed by atoms with van der Waals surface area (Å²) in [5.41, 5.74) is 0.824. The molecule has 0 fully saturated rings. The van der Waals surface area contributed by atoms with Crippen LogP contribution >= 0.6 is 11.6 Å². The van der Waals surface area contributed by atoms with E-state index in [-0.39, 0.29) is 5.38 Å². The normalized spacial score (nSPS) is 14.1. The van der Waals surface area contributed by atoms with Crippen molar-refractivity contribution in [3.63, 3.8) is 0 Å². The minimum Gasteiger partial charge on any atom is -0.224 e. The molecule has 13 heavy (non-hydrogen) atoms. The highest BCUT2D eigenvalue weighted by molar-refractivity contribution is 7.90. The molecule has 0 spiro atoms. The minimum absolute atomic E-state index is 0.165. The summed E-state index contributed by atoms with van der Waals surface area (Å²) in [6, 6.07) is 6.68. The molecule has 0 N–H and O–H groups in total. The summed E-state index contributed by atoms with van der Waals surface area (Å²) in [6.45, 7) is 1.81. The lowest BCUT2D eigenvalue weighted by molar-refractivity contribution is 0.601. The first-order chi connectivity index (χ1) is 5.91. The fourth-order valence-electron chi connectivity index (χ4n) is 0.993. The molecule has 0 aromatic heterocycles. The van der Waals surface area contributed by atoms with Crippen LogP contribution in [0.25, 0.3) is 0 Å². The zero-order valence-corrected chi connectivity index (χ0v) is 9.06. The Morgan fingerprint density at radius 3 is 2.46 bits per heavy atom. The zero-order chi connectivity index (χ0) is 10.1. The van der Waals surface area contributed by atoms with E-state index in [1.165, 1.54) is 6.26 Å². The number of hydrogen-bond acceptors (Lipinski definition) is 2. The fourth-order valence-corrected chi connectivity index (χ4v) is 1.80. The van der Waals surface area contributed by atoms with E-state index in [0.717, 1.165) is 5.56 Å². The number of hydrogen-bond donors (Lipinski definition) is 0.